The number of fused-ring (bicyclic) bond motifs is 1. The Morgan fingerprint density at radius 2 is 1.87 bits per heavy atom. The summed E-state index contributed by atoms with van der Waals surface area (Å²) in [5.41, 5.74) is 4.89. The quantitative estimate of drug-likeness (QED) is 0.338. The second-order valence-corrected chi connectivity index (χ2v) is 11.1. The van der Waals surface area contributed by atoms with E-state index in [2.05, 4.69) is 17.1 Å². The molecule has 8 heteroatoms. The first-order chi connectivity index (χ1) is 18.6. The number of hydrogen-bond donors (Lipinski definition) is 1. The van der Waals surface area contributed by atoms with Crippen molar-refractivity contribution < 1.29 is 23.8 Å². The topological polar surface area (TPSA) is 82.0 Å². The molecular formula is C31H41N3O5. The van der Waals surface area contributed by atoms with Crippen LogP contribution in [0.3, 0.4) is 0 Å². The van der Waals surface area contributed by atoms with Crippen molar-refractivity contribution in [1.82, 2.24) is 9.47 Å². The maximum atomic E-state index is 13.0. The van der Waals surface area contributed by atoms with Crippen molar-refractivity contribution in [2.75, 3.05) is 32.6 Å². The SMILES string of the molecule is CCNc1cc(C(=O)OC)ccc1C1CCCCN1Cc1c(OC)cc(C)c2c1ccn2C(=O)OC(C)(C)C. The number of likely N-dealkylation sites (tertiary alicyclic amines) is 1. The average Bonchev–Trinajstić information content (AvgIpc) is 3.35. The molecule has 1 fully saturated rings. The molecule has 2 heterocycles. The van der Waals surface area contributed by atoms with Gasteiger partial charge in [0, 0.05) is 42.0 Å². The number of carbonyl (C=O) groups is 2. The highest BCUT2D eigenvalue weighted by molar-refractivity contribution is 5.95. The van der Waals surface area contributed by atoms with E-state index in [9.17, 15) is 9.59 Å². The Morgan fingerprint density at radius 1 is 1.10 bits per heavy atom. The summed E-state index contributed by atoms with van der Waals surface area (Å²) >= 11 is 0. The Morgan fingerprint density at radius 3 is 2.54 bits per heavy atom. The molecule has 1 N–H and O–H groups in total. The number of rotatable bonds is 7. The molecule has 210 valence electrons. The molecule has 0 radical (unpaired) electrons. The van der Waals surface area contributed by atoms with Crippen LogP contribution in [0.1, 0.15) is 80.0 Å². The average molecular weight is 536 g/mol. The highest BCUT2D eigenvalue weighted by Crippen LogP contribution is 2.40. The molecule has 1 aliphatic heterocycles. The van der Waals surface area contributed by atoms with Gasteiger partial charge in [0.1, 0.15) is 11.4 Å². The van der Waals surface area contributed by atoms with Crippen LogP contribution in [0.4, 0.5) is 10.5 Å². The minimum atomic E-state index is -0.592. The van der Waals surface area contributed by atoms with Gasteiger partial charge in [0.2, 0.25) is 0 Å². The van der Waals surface area contributed by atoms with E-state index in [1.54, 1.807) is 17.9 Å². The third-order valence-electron chi connectivity index (χ3n) is 7.22. The maximum Gasteiger partial charge on any atom is 0.419 e. The second kappa shape index (κ2) is 11.7. The van der Waals surface area contributed by atoms with Gasteiger partial charge in [-0.25, -0.2) is 9.59 Å². The van der Waals surface area contributed by atoms with E-state index < -0.39 is 11.7 Å². The van der Waals surface area contributed by atoms with Crippen LogP contribution in [-0.2, 0) is 16.0 Å². The number of aromatic nitrogens is 1. The van der Waals surface area contributed by atoms with E-state index in [1.807, 2.05) is 58.0 Å². The molecule has 0 spiro atoms. The Balaban J connectivity index is 1.75. The number of nitrogens with one attached hydrogen (secondary N) is 1. The number of nitrogens with zero attached hydrogens (tertiary/aromatic N) is 2. The Hall–Kier alpha value is -3.52. The standard InChI is InChI=1S/C31H41N3O5/c1-8-32-25-18-21(29(35)38-7)12-13-23(25)26-11-9-10-15-33(26)19-24-22-14-16-34(30(36)39-31(3,4)5)28(22)20(2)17-27(24)37-6/h12-14,16-18,26,32H,8-11,15,19H2,1-7H3. The van der Waals surface area contributed by atoms with Crippen LogP contribution in [0.25, 0.3) is 10.9 Å². The Bertz CT molecular complexity index is 1350. The monoisotopic (exact) mass is 535 g/mol. The van der Waals surface area contributed by atoms with Gasteiger partial charge in [-0.1, -0.05) is 12.5 Å². The fraction of sp³-hybridized carbons (Fsp3) is 0.484. The van der Waals surface area contributed by atoms with Gasteiger partial charge in [-0.05, 0) is 89.4 Å². The number of esters is 1. The molecule has 3 aromatic rings. The predicted molar refractivity (Wildman–Crippen MR) is 154 cm³/mol. The maximum absolute atomic E-state index is 13.0. The minimum Gasteiger partial charge on any atom is -0.496 e. The summed E-state index contributed by atoms with van der Waals surface area (Å²) in [6.45, 7) is 12.0. The van der Waals surface area contributed by atoms with E-state index in [1.165, 1.54) is 7.11 Å². The highest BCUT2D eigenvalue weighted by Gasteiger charge is 2.29. The Labute approximate surface area is 231 Å². The lowest BCUT2D eigenvalue weighted by Crippen LogP contribution is -2.33. The second-order valence-electron chi connectivity index (χ2n) is 11.1. The van der Waals surface area contributed by atoms with Crippen molar-refractivity contribution >= 4 is 28.7 Å². The number of anilines is 1. The van der Waals surface area contributed by atoms with E-state index in [0.717, 1.165) is 71.4 Å². The number of benzene rings is 2. The number of carbonyl (C=O) groups excluding carboxylic acids is 2. The molecular weight excluding hydrogens is 494 g/mol. The zero-order valence-corrected chi connectivity index (χ0v) is 24.2. The highest BCUT2D eigenvalue weighted by atomic mass is 16.6. The lowest BCUT2D eigenvalue weighted by molar-refractivity contribution is 0.0542. The number of hydrogen-bond acceptors (Lipinski definition) is 7. The van der Waals surface area contributed by atoms with Gasteiger partial charge in [-0.3, -0.25) is 9.47 Å². The first-order valence-electron chi connectivity index (χ1n) is 13.7. The van der Waals surface area contributed by atoms with Crippen molar-refractivity contribution in [2.45, 2.75) is 72.1 Å². The largest absolute Gasteiger partial charge is 0.496 e. The van der Waals surface area contributed by atoms with Crippen molar-refractivity contribution in [3.05, 3.63) is 58.8 Å². The molecule has 2 aromatic carbocycles. The molecule has 1 aromatic heterocycles. The summed E-state index contributed by atoms with van der Waals surface area (Å²) in [6, 6.07) is 9.94. The van der Waals surface area contributed by atoms with Gasteiger partial charge >= 0.3 is 12.1 Å². The molecule has 0 aliphatic carbocycles. The van der Waals surface area contributed by atoms with E-state index in [0.29, 0.717) is 12.1 Å². The fourth-order valence-corrected chi connectivity index (χ4v) is 5.54. The molecule has 1 saturated heterocycles. The number of ether oxygens (including phenoxy) is 3. The summed E-state index contributed by atoms with van der Waals surface area (Å²) < 4.78 is 18.1. The first-order valence-corrected chi connectivity index (χ1v) is 13.7. The van der Waals surface area contributed by atoms with Crippen LogP contribution in [0.5, 0.6) is 5.75 Å². The third-order valence-corrected chi connectivity index (χ3v) is 7.22. The number of piperidine rings is 1. The zero-order chi connectivity index (χ0) is 28.3. The summed E-state index contributed by atoms with van der Waals surface area (Å²) in [5, 5.41) is 4.44. The van der Waals surface area contributed by atoms with Gasteiger partial charge in [-0.15, -0.1) is 0 Å². The van der Waals surface area contributed by atoms with Gasteiger partial charge in [-0.2, -0.15) is 0 Å². The minimum absolute atomic E-state index is 0.161. The molecule has 0 saturated carbocycles. The molecule has 1 aliphatic rings. The number of methoxy groups -OCH3 is 2. The lowest BCUT2D eigenvalue weighted by Gasteiger charge is -2.37. The van der Waals surface area contributed by atoms with Crippen LogP contribution in [0.2, 0.25) is 0 Å². The van der Waals surface area contributed by atoms with Gasteiger partial charge < -0.3 is 19.5 Å². The smallest absolute Gasteiger partial charge is 0.419 e. The fourth-order valence-electron chi connectivity index (χ4n) is 5.54. The summed E-state index contributed by atoms with van der Waals surface area (Å²) in [7, 11) is 3.09. The normalized spacial score (nSPS) is 16.2. The lowest BCUT2D eigenvalue weighted by atomic mass is 9.92. The molecule has 1 atom stereocenters. The first kappa shape index (κ1) is 28.5. The molecule has 0 amide bonds. The van der Waals surface area contributed by atoms with E-state index in [4.69, 9.17) is 14.2 Å². The predicted octanol–water partition coefficient (Wildman–Crippen LogP) is 6.69. The van der Waals surface area contributed by atoms with Gasteiger partial charge in [0.15, 0.2) is 0 Å². The Kier molecular flexibility index (Phi) is 8.54. The van der Waals surface area contributed by atoms with Crippen LogP contribution in [-0.4, -0.2) is 54.4 Å². The van der Waals surface area contributed by atoms with E-state index >= 15 is 0 Å². The summed E-state index contributed by atoms with van der Waals surface area (Å²) in [5.74, 6) is 0.460. The van der Waals surface area contributed by atoms with Crippen LogP contribution in [0.15, 0.2) is 36.5 Å². The zero-order valence-electron chi connectivity index (χ0n) is 24.2. The van der Waals surface area contributed by atoms with Crippen LogP contribution >= 0.6 is 0 Å². The van der Waals surface area contributed by atoms with Crippen molar-refractivity contribution in [2.24, 2.45) is 0 Å². The summed E-state index contributed by atoms with van der Waals surface area (Å²) in [6.07, 6.45) is 4.63. The van der Waals surface area contributed by atoms with E-state index in [-0.39, 0.29) is 12.0 Å². The van der Waals surface area contributed by atoms with Crippen LogP contribution < -0.4 is 10.1 Å². The van der Waals surface area contributed by atoms with Gasteiger partial charge in [0.05, 0.1) is 25.3 Å². The summed E-state index contributed by atoms with van der Waals surface area (Å²) in [4.78, 5) is 27.7. The van der Waals surface area contributed by atoms with Crippen molar-refractivity contribution in [3.8, 4) is 5.75 Å². The molecule has 4 rings (SSSR count). The molecule has 0 bridgehead atoms. The number of aryl methyl sites for hydroxylation is 1. The third kappa shape index (κ3) is 6.06. The van der Waals surface area contributed by atoms with Crippen molar-refractivity contribution in [1.29, 1.82) is 0 Å². The van der Waals surface area contributed by atoms with Crippen molar-refractivity contribution in [3.63, 3.8) is 0 Å². The molecule has 1 unspecified atom stereocenters. The molecule has 8 nitrogen and oxygen atoms in total. The van der Waals surface area contributed by atoms with Gasteiger partial charge in [0.25, 0.3) is 0 Å². The van der Waals surface area contributed by atoms with Crippen LogP contribution in [0, 0.1) is 6.92 Å². The molecule has 39 heavy (non-hydrogen) atoms.